The zero-order valence-corrected chi connectivity index (χ0v) is 21.8. The number of imidazole rings is 1. The molecule has 0 saturated heterocycles. The Kier molecular flexibility index (Phi) is 8.77. The number of aromatic amines is 1. The molecule has 0 aliphatic carbocycles. The number of nitrogens with one attached hydrogen (secondary N) is 3. The van der Waals surface area contributed by atoms with Gasteiger partial charge in [-0.15, -0.1) is 0 Å². The molecule has 38 heavy (non-hydrogen) atoms. The van der Waals surface area contributed by atoms with Gasteiger partial charge in [0.1, 0.15) is 23.0 Å². The number of hydrogen-bond donors (Lipinski definition) is 3. The fourth-order valence-electron chi connectivity index (χ4n) is 3.70. The molecule has 0 fully saturated rings. The van der Waals surface area contributed by atoms with Gasteiger partial charge in [-0.3, -0.25) is 9.59 Å². The largest absolute Gasteiger partial charge is 0.497 e. The predicted molar refractivity (Wildman–Crippen MR) is 148 cm³/mol. The number of amides is 2. The van der Waals surface area contributed by atoms with E-state index in [0.717, 1.165) is 22.4 Å². The van der Waals surface area contributed by atoms with Gasteiger partial charge in [0.05, 0.1) is 24.8 Å². The Balaban J connectivity index is 1.45. The van der Waals surface area contributed by atoms with Crippen molar-refractivity contribution in [1.82, 2.24) is 20.6 Å². The zero-order valence-electron chi connectivity index (χ0n) is 21.8. The molecule has 0 spiro atoms. The SMILES string of the molecule is COc1ccc(C=C(NC(=O)c2ccc(OCC(C)C)cc2)C(=O)NCCc2nc3ccccc3[nH]2)cc1. The highest BCUT2D eigenvalue weighted by atomic mass is 16.5. The number of methoxy groups -OCH3 is 1. The first kappa shape index (κ1) is 26.5. The van der Waals surface area contributed by atoms with Crippen LogP contribution in [0, 0.1) is 5.92 Å². The molecule has 8 heteroatoms. The maximum absolute atomic E-state index is 13.1. The van der Waals surface area contributed by atoms with Crippen LogP contribution in [-0.4, -0.2) is 42.0 Å². The summed E-state index contributed by atoms with van der Waals surface area (Å²) in [6.45, 7) is 5.07. The number of carbonyl (C=O) groups excluding carboxylic acids is 2. The van der Waals surface area contributed by atoms with Crippen LogP contribution in [0.15, 0.2) is 78.5 Å². The van der Waals surface area contributed by atoms with Gasteiger partial charge >= 0.3 is 0 Å². The minimum Gasteiger partial charge on any atom is -0.497 e. The maximum Gasteiger partial charge on any atom is 0.267 e. The average molecular weight is 513 g/mol. The van der Waals surface area contributed by atoms with Gasteiger partial charge in [0.15, 0.2) is 0 Å². The number of benzene rings is 3. The summed E-state index contributed by atoms with van der Waals surface area (Å²) in [7, 11) is 1.59. The Morgan fingerprint density at radius 1 is 0.974 bits per heavy atom. The van der Waals surface area contributed by atoms with Gasteiger partial charge in [-0.05, 0) is 66.1 Å². The molecule has 0 aliphatic heterocycles. The molecular weight excluding hydrogens is 480 g/mol. The van der Waals surface area contributed by atoms with E-state index in [9.17, 15) is 9.59 Å². The molecule has 0 aliphatic rings. The van der Waals surface area contributed by atoms with Gasteiger partial charge in [-0.1, -0.05) is 38.1 Å². The number of hydrogen-bond acceptors (Lipinski definition) is 5. The molecule has 8 nitrogen and oxygen atoms in total. The normalized spacial score (nSPS) is 11.4. The van der Waals surface area contributed by atoms with Crippen molar-refractivity contribution in [2.45, 2.75) is 20.3 Å². The van der Waals surface area contributed by atoms with E-state index in [4.69, 9.17) is 9.47 Å². The van der Waals surface area contributed by atoms with Gasteiger partial charge in [0.2, 0.25) is 0 Å². The first-order chi connectivity index (χ1) is 18.4. The van der Waals surface area contributed by atoms with Gasteiger partial charge in [0, 0.05) is 18.5 Å². The third-order valence-electron chi connectivity index (χ3n) is 5.71. The van der Waals surface area contributed by atoms with Crippen LogP contribution in [-0.2, 0) is 11.2 Å². The average Bonchev–Trinajstić information content (AvgIpc) is 3.35. The van der Waals surface area contributed by atoms with E-state index in [1.807, 2.05) is 36.4 Å². The summed E-state index contributed by atoms with van der Waals surface area (Å²) in [6, 6.07) is 21.8. The van der Waals surface area contributed by atoms with E-state index in [1.54, 1.807) is 49.6 Å². The minimum atomic E-state index is -0.401. The van der Waals surface area contributed by atoms with Gasteiger partial charge in [0.25, 0.3) is 11.8 Å². The number of para-hydroxylation sites is 2. The van der Waals surface area contributed by atoms with Gasteiger partial charge in [-0.25, -0.2) is 4.98 Å². The Morgan fingerprint density at radius 2 is 1.68 bits per heavy atom. The lowest BCUT2D eigenvalue weighted by Gasteiger charge is -2.12. The van der Waals surface area contributed by atoms with E-state index >= 15 is 0 Å². The second-order valence-electron chi connectivity index (χ2n) is 9.22. The second-order valence-corrected chi connectivity index (χ2v) is 9.22. The predicted octanol–water partition coefficient (Wildman–Crippen LogP) is 4.74. The molecule has 3 aromatic carbocycles. The summed E-state index contributed by atoms with van der Waals surface area (Å²) in [6.07, 6.45) is 2.15. The quantitative estimate of drug-likeness (QED) is 0.252. The van der Waals surface area contributed by atoms with E-state index in [0.29, 0.717) is 42.6 Å². The van der Waals surface area contributed by atoms with Crippen molar-refractivity contribution in [3.63, 3.8) is 0 Å². The molecule has 0 saturated carbocycles. The number of ether oxygens (including phenoxy) is 2. The summed E-state index contributed by atoms with van der Waals surface area (Å²) in [5, 5.41) is 5.65. The lowest BCUT2D eigenvalue weighted by atomic mass is 10.1. The molecule has 0 bridgehead atoms. The summed E-state index contributed by atoms with van der Waals surface area (Å²) >= 11 is 0. The summed E-state index contributed by atoms with van der Waals surface area (Å²) < 4.78 is 10.9. The fourth-order valence-corrected chi connectivity index (χ4v) is 3.70. The van der Waals surface area contributed by atoms with E-state index in [2.05, 4.69) is 34.4 Å². The molecule has 196 valence electrons. The third-order valence-corrected chi connectivity index (χ3v) is 5.71. The minimum absolute atomic E-state index is 0.130. The molecule has 4 rings (SSSR count). The molecule has 0 unspecified atom stereocenters. The Labute approximate surface area is 222 Å². The van der Waals surface area contributed by atoms with Crippen molar-refractivity contribution < 1.29 is 19.1 Å². The number of nitrogens with zero attached hydrogens (tertiary/aromatic N) is 1. The van der Waals surface area contributed by atoms with Crippen molar-refractivity contribution in [2.24, 2.45) is 5.92 Å². The molecule has 0 radical (unpaired) electrons. The van der Waals surface area contributed by atoms with Crippen LogP contribution in [0.1, 0.15) is 35.6 Å². The first-order valence-corrected chi connectivity index (χ1v) is 12.5. The van der Waals surface area contributed by atoms with Crippen LogP contribution in [0.4, 0.5) is 0 Å². The molecular formula is C30H32N4O4. The standard InChI is InChI=1S/C30H32N4O4/c1-20(2)19-38-24-14-10-22(11-15-24)29(35)34-27(18-21-8-12-23(37-3)13-9-21)30(36)31-17-16-28-32-25-6-4-5-7-26(25)33-28/h4-15,18,20H,16-17,19H2,1-3H3,(H,31,36)(H,32,33)(H,34,35). The van der Waals surface area contributed by atoms with Gasteiger partial charge in [-0.2, -0.15) is 0 Å². The topological polar surface area (TPSA) is 105 Å². The van der Waals surface area contributed by atoms with E-state index < -0.39 is 11.8 Å². The number of carbonyl (C=O) groups is 2. The number of aromatic nitrogens is 2. The van der Waals surface area contributed by atoms with Crippen LogP contribution >= 0.6 is 0 Å². The lowest BCUT2D eigenvalue weighted by Crippen LogP contribution is -2.35. The van der Waals surface area contributed by atoms with E-state index in [-0.39, 0.29) is 5.70 Å². The highest BCUT2D eigenvalue weighted by molar-refractivity contribution is 6.05. The molecule has 1 heterocycles. The molecule has 3 N–H and O–H groups in total. The van der Waals surface area contributed by atoms with Crippen LogP contribution in [0.2, 0.25) is 0 Å². The lowest BCUT2D eigenvalue weighted by molar-refractivity contribution is -0.117. The van der Waals surface area contributed by atoms with Crippen LogP contribution < -0.4 is 20.1 Å². The van der Waals surface area contributed by atoms with Crippen molar-refractivity contribution in [1.29, 1.82) is 0 Å². The van der Waals surface area contributed by atoms with Crippen molar-refractivity contribution in [2.75, 3.05) is 20.3 Å². The molecule has 1 aromatic heterocycles. The van der Waals surface area contributed by atoms with Crippen LogP contribution in [0.3, 0.4) is 0 Å². The van der Waals surface area contributed by atoms with Crippen LogP contribution in [0.5, 0.6) is 11.5 Å². The number of rotatable bonds is 11. The van der Waals surface area contributed by atoms with Crippen molar-refractivity contribution in [3.05, 3.63) is 95.4 Å². The van der Waals surface area contributed by atoms with Crippen LogP contribution in [0.25, 0.3) is 17.1 Å². The zero-order chi connectivity index (χ0) is 26.9. The molecule has 0 atom stereocenters. The van der Waals surface area contributed by atoms with Crippen molar-refractivity contribution >= 4 is 28.9 Å². The van der Waals surface area contributed by atoms with Gasteiger partial charge < -0.3 is 25.1 Å². The monoisotopic (exact) mass is 512 g/mol. The number of fused-ring (bicyclic) bond motifs is 1. The van der Waals surface area contributed by atoms with Crippen molar-refractivity contribution in [3.8, 4) is 11.5 Å². The molecule has 2 amide bonds. The summed E-state index contributed by atoms with van der Waals surface area (Å²) in [4.78, 5) is 33.9. The maximum atomic E-state index is 13.1. The smallest absolute Gasteiger partial charge is 0.267 e. The Morgan fingerprint density at radius 3 is 2.37 bits per heavy atom. The Hall–Kier alpha value is -4.59. The summed E-state index contributed by atoms with van der Waals surface area (Å²) in [5.41, 5.74) is 3.11. The highest BCUT2D eigenvalue weighted by Crippen LogP contribution is 2.16. The summed E-state index contributed by atoms with van der Waals surface area (Å²) in [5.74, 6) is 1.76. The molecule has 4 aromatic rings. The van der Waals surface area contributed by atoms with E-state index in [1.165, 1.54) is 0 Å². The first-order valence-electron chi connectivity index (χ1n) is 12.5. The second kappa shape index (κ2) is 12.6. The fraction of sp³-hybridized carbons (Fsp3) is 0.233. The number of H-pyrrole nitrogens is 1. The Bertz CT molecular complexity index is 1370. The third kappa shape index (κ3) is 7.22. The highest BCUT2D eigenvalue weighted by Gasteiger charge is 2.15.